The first-order valence-corrected chi connectivity index (χ1v) is 4.67. The second-order valence-corrected chi connectivity index (χ2v) is 3.54. The van der Waals surface area contributed by atoms with E-state index in [1.165, 1.54) is 0 Å². The number of carbonyl (C=O) groups is 2. The molecule has 0 saturated heterocycles. The third kappa shape index (κ3) is 1.72. The molecule has 4 nitrogen and oxygen atoms in total. The van der Waals surface area contributed by atoms with Gasteiger partial charge >= 0.3 is 0 Å². The Labute approximate surface area is 77.9 Å². The molecule has 0 aliphatic heterocycles. The van der Waals surface area contributed by atoms with E-state index in [9.17, 15) is 9.59 Å². The van der Waals surface area contributed by atoms with Gasteiger partial charge in [-0.1, -0.05) is 13.3 Å². The first-order valence-electron chi connectivity index (χ1n) is 4.67. The van der Waals surface area contributed by atoms with Crippen molar-refractivity contribution in [2.75, 3.05) is 6.54 Å². The van der Waals surface area contributed by atoms with Crippen molar-refractivity contribution in [1.29, 1.82) is 0 Å². The molecule has 0 aromatic carbocycles. The zero-order chi connectivity index (χ0) is 10.1. The molecule has 1 amide bonds. The van der Waals surface area contributed by atoms with Crippen molar-refractivity contribution in [2.24, 2.45) is 11.7 Å². The van der Waals surface area contributed by atoms with Gasteiger partial charge in [-0.2, -0.15) is 0 Å². The van der Waals surface area contributed by atoms with Crippen LogP contribution in [-0.2, 0) is 9.59 Å². The van der Waals surface area contributed by atoms with Gasteiger partial charge in [-0.15, -0.1) is 0 Å². The summed E-state index contributed by atoms with van der Waals surface area (Å²) < 4.78 is 0. The molecule has 1 aliphatic carbocycles. The predicted molar refractivity (Wildman–Crippen MR) is 49.0 cm³/mol. The lowest BCUT2D eigenvalue weighted by atomic mass is 10.1. The molecule has 2 atom stereocenters. The van der Waals surface area contributed by atoms with Gasteiger partial charge < -0.3 is 11.1 Å². The number of rotatable bonds is 4. The van der Waals surface area contributed by atoms with Crippen LogP contribution in [0.1, 0.15) is 26.7 Å². The number of Topliss-reactive ketones (excluding diaryl/α,β-unsaturated/α-hetero) is 1. The van der Waals surface area contributed by atoms with E-state index < -0.39 is 17.2 Å². The Balaban J connectivity index is 2.54. The summed E-state index contributed by atoms with van der Waals surface area (Å²) in [6.45, 7) is 4.22. The van der Waals surface area contributed by atoms with Crippen molar-refractivity contribution in [3.8, 4) is 0 Å². The molecule has 4 heteroatoms. The third-order valence-corrected chi connectivity index (χ3v) is 2.61. The lowest BCUT2D eigenvalue weighted by Gasteiger charge is -2.08. The predicted octanol–water partition coefficient (Wildman–Crippen LogP) is -0.181. The summed E-state index contributed by atoms with van der Waals surface area (Å²) in [6, 6.07) is 0. The summed E-state index contributed by atoms with van der Waals surface area (Å²) in [7, 11) is 0. The molecule has 0 bridgehead atoms. The maximum atomic E-state index is 11.4. The Morgan fingerprint density at radius 2 is 2.15 bits per heavy atom. The second-order valence-electron chi connectivity index (χ2n) is 3.54. The average molecular weight is 184 g/mol. The Bertz CT molecular complexity index is 240. The summed E-state index contributed by atoms with van der Waals surface area (Å²) in [5, 5.41) is 2.47. The lowest BCUT2D eigenvalue weighted by molar-refractivity contribution is -0.139. The Morgan fingerprint density at radius 3 is 2.54 bits per heavy atom. The van der Waals surface area contributed by atoms with Crippen LogP contribution in [-0.4, -0.2) is 23.8 Å². The largest absolute Gasteiger partial charge is 0.350 e. The molecule has 13 heavy (non-hydrogen) atoms. The molecule has 0 radical (unpaired) electrons. The topological polar surface area (TPSA) is 72.2 Å². The normalized spacial score (nSPS) is 31.2. The Morgan fingerprint density at radius 1 is 1.54 bits per heavy atom. The van der Waals surface area contributed by atoms with E-state index in [0.29, 0.717) is 13.0 Å². The van der Waals surface area contributed by atoms with E-state index in [0.717, 1.165) is 6.42 Å². The minimum Gasteiger partial charge on any atom is -0.350 e. The number of amides is 1. The zero-order valence-corrected chi connectivity index (χ0v) is 8.09. The number of nitrogens with one attached hydrogen (secondary N) is 1. The summed E-state index contributed by atoms with van der Waals surface area (Å²) in [5.41, 5.74) is 4.91. The van der Waals surface area contributed by atoms with Gasteiger partial charge in [-0.05, 0) is 19.3 Å². The molecule has 1 fully saturated rings. The van der Waals surface area contributed by atoms with Gasteiger partial charge in [0.25, 0.3) is 5.91 Å². The van der Waals surface area contributed by atoms with Gasteiger partial charge in [-0.25, -0.2) is 0 Å². The highest BCUT2D eigenvalue weighted by molar-refractivity contribution is 6.40. The van der Waals surface area contributed by atoms with Crippen molar-refractivity contribution >= 4 is 11.7 Å². The van der Waals surface area contributed by atoms with E-state index in [2.05, 4.69) is 5.32 Å². The van der Waals surface area contributed by atoms with E-state index >= 15 is 0 Å². The molecule has 0 aromatic rings. The van der Waals surface area contributed by atoms with Crippen LogP contribution in [0.3, 0.4) is 0 Å². The van der Waals surface area contributed by atoms with Gasteiger partial charge in [0.1, 0.15) is 0 Å². The molecule has 0 spiro atoms. The quantitative estimate of drug-likeness (QED) is 0.595. The van der Waals surface area contributed by atoms with Crippen LogP contribution in [0.4, 0.5) is 0 Å². The van der Waals surface area contributed by atoms with E-state index in [1.54, 1.807) is 6.92 Å². The minimum atomic E-state index is -0.853. The van der Waals surface area contributed by atoms with Gasteiger partial charge in [0.05, 0.1) is 5.54 Å². The number of likely N-dealkylation sites (N-methyl/N-ethyl adjacent to an activating group) is 1. The van der Waals surface area contributed by atoms with E-state index in [-0.39, 0.29) is 5.92 Å². The van der Waals surface area contributed by atoms with Gasteiger partial charge in [0.15, 0.2) is 0 Å². The van der Waals surface area contributed by atoms with Crippen LogP contribution in [0, 0.1) is 5.92 Å². The second kappa shape index (κ2) is 3.46. The summed E-state index contributed by atoms with van der Waals surface area (Å²) >= 11 is 0. The van der Waals surface area contributed by atoms with Crippen LogP contribution >= 0.6 is 0 Å². The van der Waals surface area contributed by atoms with Crippen LogP contribution in [0.25, 0.3) is 0 Å². The molecule has 1 rings (SSSR count). The molecule has 0 unspecified atom stereocenters. The first-order chi connectivity index (χ1) is 6.06. The van der Waals surface area contributed by atoms with E-state index in [1.807, 2.05) is 6.92 Å². The highest BCUT2D eigenvalue weighted by atomic mass is 16.2. The average Bonchev–Trinajstić information content (AvgIpc) is 2.78. The SMILES string of the molecule is CCNC(=O)C(=O)[C@@]1(N)C[C@@H]1CC. The van der Waals surface area contributed by atoms with Crippen molar-refractivity contribution in [1.82, 2.24) is 5.32 Å². The number of ketones is 1. The number of hydrogen-bond donors (Lipinski definition) is 2. The number of nitrogens with two attached hydrogens (primary N) is 1. The van der Waals surface area contributed by atoms with Crippen molar-refractivity contribution in [3.63, 3.8) is 0 Å². The fraction of sp³-hybridized carbons (Fsp3) is 0.778. The first kappa shape index (κ1) is 10.2. The summed E-state index contributed by atoms with van der Waals surface area (Å²) in [6.07, 6.45) is 1.51. The molecule has 0 aromatic heterocycles. The maximum absolute atomic E-state index is 11.4. The standard InChI is InChI=1S/C9H16N2O2/c1-3-6-5-9(6,10)7(12)8(13)11-4-2/h6H,3-5,10H2,1-2H3,(H,11,13)/t6-,9+/m0/s1. The number of carbonyl (C=O) groups excluding carboxylic acids is 2. The lowest BCUT2D eigenvalue weighted by Crippen LogP contribution is -2.45. The smallest absolute Gasteiger partial charge is 0.289 e. The summed E-state index contributed by atoms with van der Waals surface area (Å²) in [5.74, 6) is -0.801. The van der Waals surface area contributed by atoms with Crippen molar-refractivity contribution < 1.29 is 9.59 Å². The molecule has 1 aliphatic rings. The van der Waals surface area contributed by atoms with Crippen LogP contribution in [0.15, 0.2) is 0 Å². The number of hydrogen-bond acceptors (Lipinski definition) is 3. The van der Waals surface area contributed by atoms with Crippen molar-refractivity contribution in [3.05, 3.63) is 0 Å². The summed E-state index contributed by atoms with van der Waals surface area (Å²) in [4.78, 5) is 22.6. The zero-order valence-electron chi connectivity index (χ0n) is 8.09. The third-order valence-electron chi connectivity index (χ3n) is 2.61. The minimum absolute atomic E-state index is 0.197. The molecule has 1 saturated carbocycles. The Kier molecular flexibility index (Phi) is 2.71. The van der Waals surface area contributed by atoms with E-state index in [4.69, 9.17) is 5.73 Å². The van der Waals surface area contributed by atoms with Crippen LogP contribution in [0.2, 0.25) is 0 Å². The van der Waals surface area contributed by atoms with Crippen molar-refractivity contribution in [2.45, 2.75) is 32.2 Å². The maximum Gasteiger partial charge on any atom is 0.289 e. The van der Waals surface area contributed by atoms with Gasteiger partial charge in [-0.3, -0.25) is 9.59 Å². The van der Waals surface area contributed by atoms with Crippen LogP contribution < -0.4 is 11.1 Å². The van der Waals surface area contributed by atoms with Gasteiger partial charge in [0, 0.05) is 6.54 Å². The highest BCUT2D eigenvalue weighted by Gasteiger charge is 2.57. The molecular weight excluding hydrogens is 168 g/mol. The fourth-order valence-corrected chi connectivity index (χ4v) is 1.59. The monoisotopic (exact) mass is 184 g/mol. The molecular formula is C9H16N2O2. The molecule has 3 N–H and O–H groups in total. The Hall–Kier alpha value is -0.900. The fourth-order valence-electron chi connectivity index (χ4n) is 1.59. The van der Waals surface area contributed by atoms with Gasteiger partial charge in [0.2, 0.25) is 5.78 Å². The molecule has 74 valence electrons. The highest BCUT2D eigenvalue weighted by Crippen LogP contribution is 2.43. The molecule has 0 heterocycles. The van der Waals surface area contributed by atoms with Crippen LogP contribution in [0.5, 0.6) is 0 Å².